The molecule has 0 fully saturated rings. The fourth-order valence-electron chi connectivity index (χ4n) is 3.25. The van der Waals surface area contributed by atoms with Crippen molar-refractivity contribution < 1.29 is 32.3 Å². The highest BCUT2D eigenvalue weighted by Gasteiger charge is 2.23. The Morgan fingerprint density at radius 1 is 0.818 bits per heavy atom. The fourth-order valence-corrected chi connectivity index (χ4v) is 3.25. The quantitative estimate of drug-likeness (QED) is 0.418. The Balaban J connectivity index is 1.68. The molecule has 2 amide bonds. The van der Waals surface area contributed by atoms with Crippen molar-refractivity contribution in [3.8, 4) is 11.5 Å². The Hall–Kier alpha value is -4.40. The zero-order valence-corrected chi connectivity index (χ0v) is 17.6. The summed E-state index contributed by atoms with van der Waals surface area (Å²) in [4.78, 5) is 25.9. The van der Waals surface area contributed by atoms with Crippen LogP contribution in [0.5, 0.6) is 11.5 Å². The van der Waals surface area contributed by atoms with Gasteiger partial charge in [0.05, 0.1) is 14.2 Å². The second-order valence-corrected chi connectivity index (χ2v) is 6.91. The summed E-state index contributed by atoms with van der Waals surface area (Å²) in [5.74, 6) is -2.81. The summed E-state index contributed by atoms with van der Waals surface area (Å²) in [7, 11) is 2.93. The van der Waals surface area contributed by atoms with E-state index in [0.717, 1.165) is 12.1 Å². The fraction of sp³-hybridized carbons (Fsp3) is 0.0833. The van der Waals surface area contributed by atoms with Crippen LogP contribution < -0.4 is 20.1 Å². The summed E-state index contributed by atoms with van der Waals surface area (Å²) in [6.45, 7) is 0. The number of methoxy groups -OCH3 is 2. The van der Waals surface area contributed by atoms with Gasteiger partial charge in [0.2, 0.25) is 5.76 Å². The van der Waals surface area contributed by atoms with E-state index in [9.17, 15) is 18.4 Å². The van der Waals surface area contributed by atoms with Gasteiger partial charge in [-0.1, -0.05) is 12.1 Å². The summed E-state index contributed by atoms with van der Waals surface area (Å²) < 4.78 is 42.8. The van der Waals surface area contributed by atoms with E-state index in [1.54, 1.807) is 36.4 Å². The van der Waals surface area contributed by atoms with Crippen molar-refractivity contribution in [3.05, 3.63) is 83.6 Å². The van der Waals surface area contributed by atoms with Gasteiger partial charge in [0.1, 0.15) is 11.3 Å². The monoisotopic (exact) mass is 452 g/mol. The maximum absolute atomic E-state index is 13.5. The number of carbonyl (C=O) groups is 2. The van der Waals surface area contributed by atoms with Gasteiger partial charge >= 0.3 is 0 Å². The lowest BCUT2D eigenvalue weighted by molar-refractivity contribution is 0.0999. The lowest BCUT2D eigenvalue weighted by Gasteiger charge is -2.10. The van der Waals surface area contributed by atoms with Crippen molar-refractivity contribution in [2.24, 2.45) is 0 Å². The van der Waals surface area contributed by atoms with Crippen LogP contribution >= 0.6 is 0 Å². The molecule has 1 heterocycles. The number of hydrogen-bond donors (Lipinski definition) is 2. The zero-order valence-electron chi connectivity index (χ0n) is 17.6. The minimum Gasteiger partial charge on any atom is -0.493 e. The normalized spacial score (nSPS) is 10.7. The number of nitrogens with one attached hydrogen (secondary N) is 2. The number of anilines is 2. The predicted molar refractivity (Wildman–Crippen MR) is 118 cm³/mol. The summed E-state index contributed by atoms with van der Waals surface area (Å²) in [5, 5.41) is 5.64. The van der Waals surface area contributed by atoms with Gasteiger partial charge < -0.3 is 24.5 Å². The highest BCUT2D eigenvalue weighted by molar-refractivity contribution is 6.17. The lowest BCUT2D eigenvalue weighted by Crippen LogP contribution is -2.17. The SMILES string of the molecule is COc1ccc(C(=O)Nc2c(C(=O)Nc3ccc(F)c(F)c3)oc3ccccc23)cc1OC. The number of fused-ring (bicyclic) bond motifs is 1. The zero-order chi connectivity index (χ0) is 23.5. The molecule has 0 radical (unpaired) electrons. The molecule has 0 bridgehead atoms. The average Bonchev–Trinajstić information content (AvgIpc) is 3.19. The summed E-state index contributed by atoms with van der Waals surface area (Å²) in [6, 6.07) is 14.3. The van der Waals surface area contributed by atoms with Crippen LogP contribution in [0.3, 0.4) is 0 Å². The molecule has 0 saturated heterocycles. The topological polar surface area (TPSA) is 89.8 Å². The lowest BCUT2D eigenvalue weighted by atomic mass is 10.1. The predicted octanol–water partition coefficient (Wildman–Crippen LogP) is 5.23. The van der Waals surface area contributed by atoms with E-state index in [-0.39, 0.29) is 22.7 Å². The van der Waals surface area contributed by atoms with Crippen LogP contribution in [0.4, 0.5) is 20.2 Å². The summed E-state index contributed by atoms with van der Waals surface area (Å²) in [5.41, 5.74) is 0.766. The number of halogens is 2. The molecule has 0 aliphatic heterocycles. The number of ether oxygens (including phenoxy) is 2. The molecular formula is C24H18F2N2O5. The van der Waals surface area contributed by atoms with E-state index in [1.165, 1.54) is 26.4 Å². The number of hydrogen-bond acceptors (Lipinski definition) is 5. The third-order valence-corrected chi connectivity index (χ3v) is 4.86. The van der Waals surface area contributed by atoms with Gasteiger partial charge in [-0.05, 0) is 42.5 Å². The standard InChI is InChI=1S/C24H18F2N2O5/c1-31-19-10-7-13(11-20(19)32-2)23(29)28-21-15-5-3-4-6-18(15)33-22(21)24(30)27-14-8-9-16(25)17(26)12-14/h3-12H,1-2H3,(H,27,30)(H,28,29). The first-order valence-corrected chi connectivity index (χ1v) is 9.72. The maximum Gasteiger partial charge on any atom is 0.293 e. The van der Waals surface area contributed by atoms with Gasteiger partial charge in [-0.2, -0.15) is 0 Å². The van der Waals surface area contributed by atoms with E-state index >= 15 is 0 Å². The van der Waals surface area contributed by atoms with Crippen LogP contribution in [-0.4, -0.2) is 26.0 Å². The van der Waals surface area contributed by atoms with Gasteiger partial charge in [-0.15, -0.1) is 0 Å². The van der Waals surface area contributed by atoms with Crippen LogP contribution in [0.25, 0.3) is 11.0 Å². The van der Waals surface area contributed by atoms with E-state index < -0.39 is 23.4 Å². The average molecular weight is 452 g/mol. The molecule has 0 spiro atoms. The molecule has 4 rings (SSSR count). The molecule has 0 aliphatic rings. The van der Waals surface area contributed by atoms with Crippen LogP contribution in [-0.2, 0) is 0 Å². The molecule has 0 aliphatic carbocycles. The Kier molecular flexibility index (Phi) is 5.95. The van der Waals surface area contributed by atoms with Crippen molar-refractivity contribution in [1.29, 1.82) is 0 Å². The molecule has 0 atom stereocenters. The van der Waals surface area contributed by atoms with Gasteiger partial charge in [0, 0.05) is 22.7 Å². The number of rotatable bonds is 6. The van der Waals surface area contributed by atoms with E-state index in [0.29, 0.717) is 22.5 Å². The number of amides is 2. The Morgan fingerprint density at radius 2 is 1.58 bits per heavy atom. The Bertz CT molecular complexity index is 1370. The number of furan rings is 1. The molecule has 0 saturated carbocycles. The highest BCUT2D eigenvalue weighted by atomic mass is 19.2. The van der Waals surface area contributed by atoms with Crippen molar-refractivity contribution in [3.63, 3.8) is 0 Å². The van der Waals surface area contributed by atoms with Gasteiger partial charge in [0.15, 0.2) is 23.1 Å². The van der Waals surface area contributed by atoms with E-state index in [2.05, 4.69) is 10.6 Å². The molecular weight excluding hydrogens is 434 g/mol. The minimum absolute atomic E-state index is 0.0246. The number of benzene rings is 3. The molecule has 0 unspecified atom stereocenters. The van der Waals surface area contributed by atoms with Crippen LogP contribution in [0.15, 0.2) is 65.1 Å². The molecule has 7 nitrogen and oxygen atoms in total. The molecule has 1 aromatic heterocycles. The summed E-state index contributed by atoms with van der Waals surface area (Å²) >= 11 is 0. The number of carbonyl (C=O) groups excluding carboxylic acids is 2. The van der Waals surface area contributed by atoms with Gasteiger partial charge in [-0.25, -0.2) is 8.78 Å². The Labute approximate surface area is 186 Å². The van der Waals surface area contributed by atoms with E-state index in [1.807, 2.05) is 0 Å². The first kappa shape index (κ1) is 21.8. The van der Waals surface area contributed by atoms with Crippen LogP contribution in [0, 0.1) is 11.6 Å². The minimum atomic E-state index is -1.11. The second-order valence-electron chi connectivity index (χ2n) is 6.91. The summed E-state index contributed by atoms with van der Waals surface area (Å²) in [6.07, 6.45) is 0. The molecule has 168 valence electrons. The molecule has 4 aromatic rings. The molecule has 9 heteroatoms. The molecule has 33 heavy (non-hydrogen) atoms. The molecule has 2 N–H and O–H groups in total. The maximum atomic E-state index is 13.5. The van der Waals surface area contributed by atoms with Crippen LogP contribution in [0.2, 0.25) is 0 Å². The second kappa shape index (κ2) is 8.99. The Morgan fingerprint density at radius 3 is 2.30 bits per heavy atom. The van der Waals surface area contributed by atoms with Gasteiger partial charge in [0.25, 0.3) is 11.8 Å². The van der Waals surface area contributed by atoms with Crippen LogP contribution in [0.1, 0.15) is 20.9 Å². The van der Waals surface area contributed by atoms with Crippen molar-refractivity contribution in [2.45, 2.75) is 0 Å². The first-order valence-electron chi connectivity index (χ1n) is 9.72. The highest BCUT2D eigenvalue weighted by Crippen LogP contribution is 2.33. The van der Waals surface area contributed by atoms with Crippen molar-refractivity contribution in [1.82, 2.24) is 0 Å². The molecule has 3 aromatic carbocycles. The van der Waals surface area contributed by atoms with Crippen molar-refractivity contribution >= 4 is 34.2 Å². The van der Waals surface area contributed by atoms with Crippen molar-refractivity contribution in [2.75, 3.05) is 24.9 Å². The third kappa shape index (κ3) is 4.33. The first-order chi connectivity index (χ1) is 15.9. The smallest absolute Gasteiger partial charge is 0.293 e. The largest absolute Gasteiger partial charge is 0.493 e. The number of para-hydroxylation sites is 1. The van der Waals surface area contributed by atoms with Gasteiger partial charge in [-0.3, -0.25) is 9.59 Å². The third-order valence-electron chi connectivity index (χ3n) is 4.86. The van der Waals surface area contributed by atoms with E-state index in [4.69, 9.17) is 13.9 Å².